The maximum atomic E-state index is 13.0. The van der Waals surface area contributed by atoms with Gasteiger partial charge in [0.05, 0.1) is 5.92 Å². The molecule has 1 unspecified atom stereocenters. The van der Waals surface area contributed by atoms with E-state index in [-0.39, 0.29) is 11.8 Å². The zero-order valence-corrected chi connectivity index (χ0v) is 14.3. The maximum Gasteiger partial charge on any atom is 0.231 e. The number of fused-ring (bicyclic) bond motifs is 1. The highest BCUT2D eigenvalue weighted by molar-refractivity contribution is 5.97. The minimum Gasteiger partial charge on any atom is -0.356 e. The van der Waals surface area contributed by atoms with E-state index in [2.05, 4.69) is 28.1 Å². The third kappa shape index (κ3) is 2.68. The topological polar surface area (TPSA) is 49.3 Å². The third-order valence-electron chi connectivity index (χ3n) is 5.62. The summed E-state index contributed by atoms with van der Waals surface area (Å²) in [5.74, 6) is 2.84. The predicted molar refractivity (Wildman–Crippen MR) is 96.8 cm³/mol. The standard InChI is InChI=1S/C20H22N4O/c25-20(24-12-9-14-3-1-2-4-17(14)24)16-8-11-23(13-16)18-7-10-21-19(22-18)15-5-6-15/h1-4,7,10,15-16H,5-6,8-9,11-13H2. The van der Waals surface area contributed by atoms with E-state index in [1.54, 1.807) is 0 Å². The van der Waals surface area contributed by atoms with Gasteiger partial charge < -0.3 is 9.80 Å². The van der Waals surface area contributed by atoms with E-state index in [1.165, 1.54) is 18.4 Å². The van der Waals surface area contributed by atoms with Gasteiger partial charge in [-0.25, -0.2) is 9.97 Å². The number of hydrogen-bond acceptors (Lipinski definition) is 4. The summed E-state index contributed by atoms with van der Waals surface area (Å²) in [6.45, 7) is 2.47. The first kappa shape index (κ1) is 14.9. The van der Waals surface area contributed by atoms with Crippen molar-refractivity contribution in [2.24, 2.45) is 5.92 Å². The molecule has 5 nitrogen and oxygen atoms in total. The van der Waals surface area contributed by atoms with Crippen molar-refractivity contribution >= 4 is 17.4 Å². The Morgan fingerprint density at radius 1 is 1.08 bits per heavy atom. The molecule has 1 aliphatic carbocycles. The van der Waals surface area contributed by atoms with Crippen LogP contribution in [0.1, 0.15) is 36.6 Å². The van der Waals surface area contributed by atoms with Gasteiger partial charge in [-0.3, -0.25) is 4.79 Å². The molecule has 0 bridgehead atoms. The highest BCUT2D eigenvalue weighted by Crippen LogP contribution is 2.38. The lowest BCUT2D eigenvalue weighted by atomic mass is 10.1. The number of rotatable bonds is 3. The molecule has 1 saturated carbocycles. The predicted octanol–water partition coefficient (Wildman–Crippen LogP) is 2.77. The van der Waals surface area contributed by atoms with E-state index < -0.39 is 0 Å². The van der Waals surface area contributed by atoms with Gasteiger partial charge in [-0.2, -0.15) is 0 Å². The van der Waals surface area contributed by atoms with E-state index in [0.29, 0.717) is 5.92 Å². The Balaban J connectivity index is 1.31. The van der Waals surface area contributed by atoms with Crippen LogP contribution in [-0.2, 0) is 11.2 Å². The average molecular weight is 334 g/mol. The fourth-order valence-corrected chi connectivity index (χ4v) is 4.04. The summed E-state index contributed by atoms with van der Waals surface area (Å²) in [5.41, 5.74) is 2.39. The molecule has 0 N–H and O–H groups in total. The fourth-order valence-electron chi connectivity index (χ4n) is 4.04. The van der Waals surface area contributed by atoms with Crippen molar-refractivity contribution in [3.05, 3.63) is 47.9 Å². The van der Waals surface area contributed by atoms with Crippen molar-refractivity contribution < 1.29 is 4.79 Å². The summed E-state index contributed by atoms with van der Waals surface area (Å²) in [4.78, 5) is 26.4. The first-order valence-corrected chi connectivity index (χ1v) is 9.27. The van der Waals surface area contributed by atoms with Gasteiger partial charge in [0, 0.05) is 37.4 Å². The number of aromatic nitrogens is 2. The summed E-state index contributed by atoms with van der Waals surface area (Å²) in [5, 5.41) is 0. The molecule has 0 spiro atoms. The van der Waals surface area contributed by atoms with E-state index in [0.717, 1.165) is 49.8 Å². The Morgan fingerprint density at radius 3 is 2.84 bits per heavy atom. The van der Waals surface area contributed by atoms with Crippen LogP contribution in [0.25, 0.3) is 0 Å². The van der Waals surface area contributed by atoms with Crippen LogP contribution in [0.4, 0.5) is 11.5 Å². The molecule has 1 atom stereocenters. The molecule has 3 heterocycles. The number of hydrogen-bond donors (Lipinski definition) is 0. The first-order valence-electron chi connectivity index (χ1n) is 9.27. The van der Waals surface area contributed by atoms with E-state index >= 15 is 0 Å². The average Bonchev–Trinajstić information content (AvgIpc) is 3.23. The van der Waals surface area contributed by atoms with Crippen LogP contribution in [0.3, 0.4) is 0 Å². The van der Waals surface area contributed by atoms with E-state index in [4.69, 9.17) is 4.98 Å². The maximum absolute atomic E-state index is 13.0. The Morgan fingerprint density at radius 2 is 1.96 bits per heavy atom. The summed E-state index contributed by atoms with van der Waals surface area (Å²) >= 11 is 0. The Bertz CT molecular complexity index is 817. The SMILES string of the molecule is O=C(C1CCN(c2ccnc(C3CC3)n2)C1)N1CCc2ccccc21. The normalized spacial score (nSPS) is 22.3. The third-order valence-corrected chi connectivity index (χ3v) is 5.62. The molecule has 2 aromatic rings. The molecule has 2 aliphatic heterocycles. The van der Waals surface area contributed by atoms with Crippen LogP contribution >= 0.6 is 0 Å². The lowest BCUT2D eigenvalue weighted by Crippen LogP contribution is -2.36. The molecule has 25 heavy (non-hydrogen) atoms. The summed E-state index contributed by atoms with van der Waals surface area (Å²) < 4.78 is 0. The number of para-hydroxylation sites is 1. The second-order valence-electron chi connectivity index (χ2n) is 7.35. The number of amides is 1. The lowest BCUT2D eigenvalue weighted by molar-refractivity contribution is -0.121. The van der Waals surface area contributed by atoms with Crippen molar-refractivity contribution in [3.8, 4) is 0 Å². The molecule has 2 fully saturated rings. The fraction of sp³-hybridized carbons (Fsp3) is 0.450. The van der Waals surface area contributed by atoms with Crippen LogP contribution in [0.15, 0.2) is 36.5 Å². The Hall–Kier alpha value is -2.43. The molecule has 5 rings (SSSR count). The Labute approximate surface area is 147 Å². The molecule has 1 amide bonds. The Kier molecular flexibility index (Phi) is 3.47. The number of carbonyl (C=O) groups excluding carboxylic acids is 1. The lowest BCUT2D eigenvalue weighted by Gasteiger charge is -2.22. The van der Waals surface area contributed by atoms with E-state index in [9.17, 15) is 4.79 Å². The molecule has 3 aliphatic rings. The van der Waals surface area contributed by atoms with Crippen LogP contribution in [-0.4, -0.2) is 35.5 Å². The molecule has 1 aromatic heterocycles. The highest BCUT2D eigenvalue weighted by Gasteiger charge is 2.35. The largest absolute Gasteiger partial charge is 0.356 e. The molecule has 1 aromatic carbocycles. The van der Waals surface area contributed by atoms with Gasteiger partial charge in [0.25, 0.3) is 0 Å². The van der Waals surface area contributed by atoms with Gasteiger partial charge >= 0.3 is 0 Å². The van der Waals surface area contributed by atoms with Crippen molar-refractivity contribution in [1.29, 1.82) is 0 Å². The van der Waals surface area contributed by atoms with Crippen LogP contribution < -0.4 is 9.80 Å². The van der Waals surface area contributed by atoms with Crippen molar-refractivity contribution in [3.63, 3.8) is 0 Å². The summed E-state index contributed by atoms with van der Waals surface area (Å²) in [7, 11) is 0. The van der Waals surface area contributed by atoms with Crippen LogP contribution in [0, 0.1) is 5.92 Å². The molecular formula is C20H22N4O. The summed E-state index contributed by atoms with van der Waals surface area (Å²) in [6, 6.07) is 10.2. The van der Waals surface area contributed by atoms with Crippen molar-refractivity contribution in [1.82, 2.24) is 9.97 Å². The number of benzene rings is 1. The van der Waals surface area contributed by atoms with Crippen molar-refractivity contribution in [2.45, 2.75) is 31.6 Å². The second-order valence-corrected chi connectivity index (χ2v) is 7.35. The number of anilines is 2. The van der Waals surface area contributed by atoms with Crippen molar-refractivity contribution in [2.75, 3.05) is 29.4 Å². The molecule has 128 valence electrons. The van der Waals surface area contributed by atoms with Gasteiger partial charge in [0.1, 0.15) is 11.6 Å². The van der Waals surface area contributed by atoms with Crippen LogP contribution in [0.2, 0.25) is 0 Å². The van der Waals surface area contributed by atoms with Gasteiger partial charge in [-0.1, -0.05) is 18.2 Å². The van der Waals surface area contributed by atoms with Crippen LogP contribution in [0.5, 0.6) is 0 Å². The zero-order valence-electron chi connectivity index (χ0n) is 14.3. The minimum absolute atomic E-state index is 0.0606. The number of carbonyl (C=O) groups is 1. The highest BCUT2D eigenvalue weighted by atomic mass is 16.2. The monoisotopic (exact) mass is 334 g/mol. The van der Waals surface area contributed by atoms with Gasteiger partial charge in [-0.15, -0.1) is 0 Å². The number of nitrogens with zero attached hydrogens (tertiary/aromatic N) is 4. The molecule has 0 radical (unpaired) electrons. The zero-order chi connectivity index (χ0) is 16.8. The second kappa shape index (κ2) is 5.83. The molecule has 1 saturated heterocycles. The van der Waals surface area contributed by atoms with Gasteiger partial charge in [0.2, 0.25) is 5.91 Å². The molecule has 5 heteroatoms. The smallest absolute Gasteiger partial charge is 0.231 e. The molecular weight excluding hydrogens is 312 g/mol. The van der Waals surface area contributed by atoms with E-state index in [1.807, 2.05) is 23.2 Å². The van der Waals surface area contributed by atoms with Gasteiger partial charge in [0.15, 0.2) is 0 Å². The minimum atomic E-state index is 0.0606. The quantitative estimate of drug-likeness (QED) is 0.866. The first-order chi connectivity index (χ1) is 12.3. The van der Waals surface area contributed by atoms with Gasteiger partial charge in [-0.05, 0) is 43.4 Å². The summed E-state index contributed by atoms with van der Waals surface area (Å²) in [6.07, 6.45) is 6.15.